The molecule has 84 valence electrons. The summed E-state index contributed by atoms with van der Waals surface area (Å²) in [5, 5.41) is 0. The van der Waals surface area contributed by atoms with E-state index in [2.05, 4.69) is 25.8 Å². The Morgan fingerprint density at radius 2 is 2.00 bits per heavy atom. The Morgan fingerprint density at radius 3 is 2.53 bits per heavy atom. The van der Waals surface area contributed by atoms with Crippen LogP contribution < -0.4 is 10.5 Å². The molecule has 0 saturated carbocycles. The van der Waals surface area contributed by atoms with E-state index in [4.69, 9.17) is 10.5 Å². The standard InChI is InChI=1S/C12H20N2O/c1-9-5-6-10(11(13)14-9)15-8-7-12(2,3)4/h5-6H,7-8H2,1-4H3,(H2,13,14). The van der Waals surface area contributed by atoms with Crippen LogP contribution in [0.15, 0.2) is 12.1 Å². The molecule has 0 amide bonds. The van der Waals surface area contributed by atoms with Crippen molar-refractivity contribution in [3.63, 3.8) is 0 Å². The molecular weight excluding hydrogens is 188 g/mol. The number of nitrogens with two attached hydrogens (primary N) is 1. The van der Waals surface area contributed by atoms with Crippen molar-refractivity contribution in [2.24, 2.45) is 5.41 Å². The molecule has 15 heavy (non-hydrogen) atoms. The van der Waals surface area contributed by atoms with Gasteiger partial charge in [-0.05, 0) is 30.9 Å². The minimum Gasteiger partial charge on any atom is -0.490 e. The van der Waals surface area contributed by atoms with Gasteiger partial charge in [0.05, 0.1) is 6.61 Å². The Bertz CT molecular complexity index is 329. The van der Waals surface area contributed by atoms with Crippen LogP contribution in [0.1, 0.15) is 32.9 Å². The fourth-order valence-electron chi connectivity index (χ4n) is 1.15. The Balaban J connectivity index is 2.51. The number of hydrogen-bond donors (Lipinski definition) is 1. The number of nitrogen functional groups attached to an aromatic ring is 1. The largest absolute Gasteiger partial charge is 0.490 e. The lowest BCUT2D eigenvalue weighted by molar-refractivity contribution is 0.243. The van der Waals surface area contributed by atoms with Crippen LogP contribution in [0.3, 0.4) is 0 Å². The minimum atomic E-state index is 0.285. The van der Waals surface area contributed by atoms with Crippen LogP contribution >= 0.6 is 0 Å². The first kappa shape index (κ1) is 11.8. The maximum absolute atomic E-state index is 5.74. The fraction of sp³-hybridized carbons (Fsp3) is 0.583. The monoisotopic (exact) mass is 208 g/mol. The normalized spacial score (nSPS) is 11.5. The second-order valence-electron chi connectivity index (χ2n) is 5.00. The number of nitrogens with zero attached hydrogens (tertiary/aromatic N) is 1. The molecule has 0 bridgehead atoms. The number of ether oxygens (including phenoxy) is 1. The molecule has 0 aliphatic heterocycles. The average molecular weight is 208 g/mol. The molecule has 0 fully saturated rings. The van der Waals surface area contributed by atoms with Crippen molar-refractivity contribution in [3.05, 3.63) is 17.8 Å². The van der Waals surface area contributed by atoms with E-state index in [1.54, 1.807) is 0 Å². The summed E-state index contributed by atoms with van der Waals surface area (Å²) in [7, 11) is 0. The summed E-state index contributed by atoms with van der Waals surface area (Å²) in [5.74, 6) is 1.16. The topological polar surface area (TPSA) is 48.1 Å². The van der Waals surface area contributed by atoms with Crippen LogP contribution in [0, 0.1) is 12.3 Å². The van der Waals surface area contributed by atoms with E-state index in [-0.39, 0.29) is 5.41 Å². The van der Waals surface area contributed by atoms with Crippen molar-refractivity contribution in [2.75, 3.05) is 12.3 Å². The highest BCUT2D eigenvalue weighted by Crippen LogP contribution is 2.22. The van der Waals surface area contributed by atoms with Gasteiger partial charge in [0.2, 0.25) is 0 Å². The summed E-state index contributed by atoms with van der Waals surface area (Å²) in [5.41, 5.74) is 6.93. The smallest absolute Gasteiger partial charge is 0.166 e. The number of aryl methyl sites for hydroxylation is 1. The van der Waals surface area contributed by atoms with Gasteiger partial charge in [-0.1, -0.05) is 20.8 Å². The van der Waals surface area contributed by atoms with Gasteiger partial charge in [-0.2, -0.15) is 0 Å². The lowest BCUT2D eigenvalue weighted by Gasteiger charge is -2.18. The number of hydrogen-bond acceptors (Lipinski definition) is 3. The third-order valence-corrected chi connectivity index (χ3v) is 2.13. The summed E-state index contributed by atoms with van der Waals surface area (Å²) >= 11 is 0. The van der Waals surface area contributed by atoms with Gasteiger partial charge in [0.25, 0.3) is 0 Å². The molecule has 0 aliphatic carbocycles. The molecule has 1 rings (SSSR count). The minimum absolute atomic E-state index is 0.285. The Labute approximate surface area is 91.7 Å². The summed E-state index contributed by atoms with van der Waals surface area (Å²) in [6.07, 6.45) is 1.00. The van der Waals surface area contributed by atoms with Gasteiger partial charge in [-0.15, -0.1) is 0 Å². The number of pyridine rings is 1. The predicted octanol–water partition coefficient (Wildman–Crippen LogP) is 2.79. The summed E-state index contributed by atoms with van der Waals surface area (Å²) in [6.45, 7) is 9.15. The average Bonchev–Trinajstić information content (AvgIpc) is 2.07. The van der Waals surface area contributed by atoms with E-state index in [1.807, 2.05) is 19.1 Å². The van der Waals surface area contributed by atoms with Gasteiger partial charge < -0.3 is 10.5 Å². The van der Waals surface area contributed by atoms with E-state index in [0.717, 1.165) is 12.1 Å². The summed E-state index contributed by atoms with van der Waals surface area (Å²) in [4.78, 5) is 4.14. The molecule has 3 heteroatoms. The van der Waals surface area contributed by atoms with Crippen molar-refractivity contribution in [1.29, 1.82) is 0 Å². The van der Waals surface area contributed by atoms with Crippen LogP contribution in [0.5, 0.6) is 5.75 Å². The number of rotatable bonds is 3. The van der Waals surface area contributed by atoms with Crippen molar-refractivity contribution < 1.29 is 4.74 Å². The zero-order valence-electron chi connectivity index (χ0n) is 10.0. The molecule has 1 aromatic heterocycles. The molecule has 0 radical (unpaired) electrons. The first-order chi connectivity index (χ1) is 6.88. The van der Waals surface area contributed by atoms with Crippen LogP contribution in [0.25, 0.3) is 0 Å². The van der Waals surface area contributed by atoms with Gasteiger partial charge in [-0.3, -0.25) is 0 Å². The predicted molar refractivity (Wildman–Crippen MR) is 63.0 cm³/mol. The molecule has 1 heterocycles. The fourth-order valence-corrected chi connectivity index (χ4v) is 1.15. The number of aromatic nitrogens is 1. The maximum Gasteiger partial charge on any atom is 0.166 e. The van der Waals surface area contributed by atoms with Crippen molar-refractivity contribution in [2.45, 2.75) is 34.1 Å². The van der Waals surface area contributed by atoms with E-state index in [1.165, 1.54) is 0 Å². The molecule has 0 unspecified atom stereocenters. The summed E-state index contributed by atoms with van der Waals surface area (Å²) in [6, 6.07) is 3.78. The molecule has 0 atom stereocenters. The molecular formula is C12H20N2O. The van der Waals surface area contributed by atoms with E-state index in [0.29, 0.717) is 18.2 Å². The zero-order valence-corrected chi connectivity index (χ0v) is 10.0. The highest BCUT2D eigenvalue weighted by molar-refractivity contribution is 5.46. The third kappa shape index (κ3) is 4.19. The van der Waals surface area contributed by atoms with Crippen LogP contribution in [-0.4, -0.2) is 11.6 Å². The summed E-state index contributed by atoms with van der Waals surface area (Å²) < 4.78 is 5.58. The Hall–Kier alpha value is -1.25. The van der Waals surface area contributed by atoms with Crippen molar-refractivity contribution >= 4 is 5.82 Å². The molecule has 0 saturated heterocycles. The molecule has 2 N–H and O–H groups in total. The maximum atomic E-state index is 5.74. The Kier molecular flexibility index (Phi) is 3.56. The third-order valence-electron chi connectivity index (χ3n) is 2.13. The molecule has 0 spiro atoms. The molecule has 0 aliphatic rings. The highest BCUT2D eigenvalue weighted by atomic mass is 16.5. The first-order valence-electron chi connectivity index (χ1n) is 5.24. The van der Waals surface area contributed by atoms with Gasteiger partial charge in [-0.25, -0.2) is 4.98 Å². The van der Waals surface area contributed by atoms with Gasteiger partial charge >= 0.3 is 0 Å². The SMILES string of the molecule is Cc1ccc(OCCC(C)(C)C)c(N)n1. The molecule has 1 aromatic rings. The molecule has 3 nitrogen and oxygen atoms in total. The van der Waals surface area contributed by atoms with Gasteiger partial charge in [0.1, 0.15) is 0 Å². The van der Waals surface area contributed by atoms with Crippen molar-refractivity contribution in [1.82, 2.24) is 4.98 Å². The van der Waals surface area contributed by atoms with Crippen LogP contribution in [0.2, 0.25) is 0 Å². The van der Waals surface area contributed by atoms with Crippen LogP contribution in [0.4, 0.5) is 5.82 Å². The first-order valence-corrected chi connectivity index (χ1v) is 5.24. The second kappa shape index (κ2) is 4.51. The van der Waals surface area contributed by atoms with E-state index < -0.39 is 0 Å². The van der Waals surface area contributed by atoms with E-state index >= 15 is 0 Å². The second-order valence-corrected chi connectivity index (χ2v) is 5.00. The molecule has 0 aromatic carbocycles. The zero-order chi connectivity index (χ0) is 11.5. The van der Waals surface area contributed by atoms with Gasteiger partial charge in [0.15, 0.2) is 11.6 Å². The van der Waals surface area contributed by atoms with Crippen molar-refractivity contribution in [3.8, 4) is 5.75 Å². The van der Waals surface area contributed by atoms with E-state index in [9.17, 15) is 0 Å². The lowest BCUT2D eigenvalue weighted by Crippen LogP contribution is -2.12. The number of anilines is 1. The van der Waals surface area contributed by atoms with Crippen LogP contribution in [-0.2, 0) is 0 Å². The highest BCUT2D eigenvalue weighted by Gasteiger charge is 2.10. The van der Waals surface area contributed by atoms with Gasteiger partial charge in [0, 0.05) is 5.69 Å². The Morgan fingerprint density at radius 1 is 1.33 bits per heavy atom. The quantitative estimate of drug-likeness (QED) is 0.831. The lowest BCUT2D eigenvalue weighted by atomic mass is 9.93.